The highest BCUT2D eigenvalue weighted by Crippen LogP contribution is 2.32. The van der Waals surface area contributed by atoms with Crippen molar-refractivity contribution in [2.45, 2.75) is 25.9 Å². The topological polar surface area (TPSA) is 72.5 Å². The van der Waals surface area contributed by atoms with Crippen LogP contribution in [0.15, 0.2) is 18.2 Å². The summed E-state index contributed by atoms with van der Waals surface area (Å²) in [5, 5.41) is 23.6. The third-order valence-electron chi connectivity index (χ3n) is 3.69. The number of rotatable bonds is 2. The van der Waals surface area contributed by atoms with Gasteiger partial charge in [-0.05, 0) is 31.4 Å². The van der Waals surface area contributed by atoms with Crippen molar-refractivity contribution in [1.29, 1.82) is 0 Å². The van der Waals surface area contributed by atoms with Crippen LogP contribution in [0.1, 0.15) is 30.3 Å². The molecule has 4 rings (SSSR count). The summed E-state index contributed by atoms with van der Waals surface area (Å²) in [5.74, 6) is 1.04. The SMILES string of the molecule is Cc1ccc(-c2nn3c(C4CCCO4)nnc3s2)cc1O. The number of phenolic OH excluding ortho intramolecular Hbond substituents is 1. The highest BCUT2D eigenvalue weighted by atomic mass is 32.1. The standard InChI is InChI=1S/C14H14N4O2S/c1-8-4-5-9(7-10(8)19)13-17-18-12(11-3-2-6-20-11)15-16-14(18)21-13/h4-5,7,11,19H,2-3,6H2,1H3. The Labute approximate surface area is 125 Å². The number of fused-ring (bicyclic) bond motifs is 1. The molecule has 21 heavy (non-hydrogen) atoms. The Morgan fingerprint density at radius 3 is 3.05 bits per heavy atom. The first kappa shape index (κ1) is 12.7. The van der Waals surface area contributed by atoms with E-state index in [1.54, 1.807) is 10.6 Å². The second kappa shape index (κ2) is 4.78. The van der Waals surface area contributed by atoms with E-state index >= 15 is 0 Å². The molecule has 1 atom stereocenters. The predicted octanol–water partition coefficient (Wildman–Crippen LogP) is 2.72. The van der Waals surface area contributed by atoms with E-state index in [0.717, 1.165) is 46.4 Å². The van der Waals surface area contributed by atoms with Crippen LogP contribution in [0.5, 0.6) is 5.75 Å². The summed E-state index contributed by atoms with van der Waals surface area (Å²) >= 11 is 1.46. The minimum atomic E-state index is -0.0126. The van der Waals surface area contributed by atoms with Crippen molar-refractivity contribution in [3.8, 4) is 16.3 Å². The molecule has 0 saturated carbocycles. The minimum Gasteiger partial charge on any atom is -0.508 e. The molecule has 2 aromatic heterocycles. The van der Waals surface area contributed by atoms with Crippen molar-refractivity contribution in [2.75, 3.05) is 6.61 Å². The fraction of sp³-hybridized carbons (Fsp3) is 0.357. The molecule has 0 aliphatic carbocycles. The second-order valence-corrected chi connectivity index (χ2v) is 6.12. The Morgan fingerprint density at radius 1 is 1.38 bits per heavy atom. The first-order valence-corrected chi connectivity index (χ1v) is 7.68. The number of ether oxygens (including phenoxy) is 1. The van der Waals surface area contributed by atoms with Gasteiger partial charge in [0.1, 0.15) is 16.9 Å². The lowest BCUT2D eigenvalue weighted by Gasteiger charge is -2.04. The zero-order valence-corrected chi connectivity index (χ0v) is 12.3. The zero-order chi connectivity index (χ0) is 14.4. The van der Waals surface area contributed by atoms with Crippen LogP contribution in [0.3, 0.4) is 0 Å². The smallest absolute Gasteiger partial charge is 0.235 e. The van der Waals surface area contributed by atoms with Gasteiger partial charge in [0.2, 0.25) is 4.96 Å². The number of aromatic hydroxyl groups is 1. The minimum absolute atomic E-state index is 0.0126. The summed E-state index contributed by atoms with van der Waals surface area (Å²) in [7, 11) is 0. The molecule has 0 spiro atoms. The molecule has 7 heteroatoms. The van der Waals surface area contributed by atoms with E-state index in [4.69, 9.17) is 4.74 Å². The van der Waals surface area contributed by atoms with Crippen LogP contribution in [0.2, 0.25) is 0 Å². The number of aromatic nitrogens is 4. The van der Waals surface area contributed by atoms with Crippen molar-refractivity contribution >= 4 is 16.3 Å². The molecule has 1 unspecified atom stereocenters. The molecule has 6 nitrogen and oxygen atoms in total. The Kier molecular flexibility index (Phi) is 2.90. The number of hydrogen-bond acceptors (Lipinski definition) is 6. The first-order valence-electron chi connectivity index (χ1n) is 6.86. The summed E-state index contributed by atoms with van der Waals surface area (Å²) in [6.45, 7) is 2.63. The number of benzene rings is 1. The van der Waals surface area contributed by atoms with Gasteiger partial charge < -0.3 is 9.84 Å². The number of hydrogen-bond donors (Lipinski definition) is 1. The molecule has 1 N–H and O–H groups in total. The van der Waals surface area contributed by atoms with Crippen molar-refractivity contribution in [3.05, 3.63) is 29.6 Å². The quantitative estimate of drug-likeness (QED) is 0.788. The van der Waals surface area contributed by atoms with Gasteiger partial charge in [0.25, 0.3) is 0 Å². The van der Waals surface area contributed by atoms with Crippen LogP contribution in [-0.2, 0) is 4.74 Å². The largest absolute Gasteiger partial charge is 0.508 e. The monoisotopic (exact) mass is 302 g/mol. The molecule has 108 valence electrons. The molecule has 3 heterocycles. The maximum absolute atomic E-state index is 9.84. The molecular formula is C14H14N4O2S. The normalized spacial score (nSPS) is 18.6. The summed E-state index contributed by atoms with van der Waals surface area (Å²) in [6.07, 6.45) is 1.99. The van der Waals surface area contributed by atoms with Gasteiger partial charge in [-0.25, -0.2) is 0 Å². The van der Waals surface area contributed by atoms with Gasteiger partial charge in [0.15, 0.2) is 5.82 Å². The molecular weight excluding hydrogens is 288 g/mol. The van der Waals surface area contributed by atoms with E-state index in [9.17, 15) is 5.11 Å². The zero-order valence-electron chi connectivity index (χ0n) is 11.5. The lowest BCUT2D eigenvalue weighted by Crippen LogP contribution is -2.03. The summed E-state index contributed by atoms with van der Waals surface area (Å²) in [6, 6.07) is 5.56. The Bertz CT molecular complexity index is 805. The van der Waals surface area contributed by atoms with E-state index in [1.807, 2.05) is 19.1 Å². The maximum Gasteiger partial charge on any atom is 0.235 e. The summed E-state index contributed by atoms with van der Waals surface area (Å²) < 4.78 is 7.41. The third kappa shape index (κ3) is 2.09. The van der Waals surface area contributed by atoms with Crippen molar-refractivity contribution in [3.63, 3.8) is 0 Å². The Hall–Kier alpha value is -1.99. The lowest BCUT2D eigenvalue weighted by atomic mass is 10.1. The molecule has 0 bridgehead atoms. The van der Waals surface area contributed by atoms with Crippen LogP contribution in [0, 0.1) is 6.92 Å². The summed E-state index contributed by atoms with van der Waals surface area (Å²) in [4.78, 5) is 0.746. The van der Waals surface area contributed by atoms with Gasteiger partial charge in [-0.1, -0.05) is 23.5 Å². The highest BCUT2D eigenvalue weighted by Gasteiger charge is 2.25. The van der Waals surface area contributed by atoms with Crippen molar-refractivity contribution in [1.82, 2.24) is 19.8 Å². The number of phenols is 1. The van der Waals surface area contributed by atoms with Gasteiger partial charge in [0.05, 0.1) is 0 Å². The van der Waals surface area contributed by atoms with Crippen LogP contribution in [0.4, 0.5) is 0 Å². The fourth-order valence-electron chi connectivity index (χ4n) is 2.47. The van der Waals surface area contributed by atoms with Gasteiger partial charge >= 0.3 is 0 Å². The van der Waals surface area contributed by atoms with Gasteiger partial charge in [-0.3, -0.25) is 0 Å². The first-order chi connectivity index (χ1) is 10.2. The highest BCUT2D eigenvalue weighted by molar-refractivity contribution is 7.19. The van der Waals surface area contributed by atoms with Gasteiger partial charge in [0, 0.05) is 12.2 Å². The van der Waals surface area contributed by atoms with Crippen molar-refractivity contribution < 1.29 is 9.84 Å². The third-order valence-corrected chi connectivity index (χ3v) is 4.64. The lowest BCUT2D eigenvalue weighted by molar-refractivity contribution is 0.103. The molecule has 3 aromatic rings. The molecule has 1 aromatic carbocycles. The molecule has 1 fully saturated rings. The Morgan fingerprint density at radius 2 is 2.29 bits per heavy atom. The summed E-state index contributed by atoms with van der Waals surface area (Å²) in [5.41, 5.74) is 1.73. The maximum atomic E-state index is 9.84. The average molecular weight is 302 g/mol. The molecule has 0 amide bonds. The van der Waals surface area contributed by atoms with Gasteiger partial charge in [-0.2, -0.15) is 9.61 Å². The Balaban J connectivity index is 1.78. The van der Waals surface area contributed by atoms with Crippen molar-refractivity contribution in [2.24, 2.45) is 0 Å². The van der Waals surface area contributed by atoms with Crippen LogP contribution < -0.4 is 0 Å². The molecule has 1 aliphatic rings. The van der Waals surface area contributed by atoms with Gasteiger partial charge in [-0.15, -0.1) is 10.2 Å². The van der Waals surface area contributed by atoms with E-state index in [1.165, 1.54) is 11.3 Å². The number of nitrogens with zero attached hydrogens (tertiary/aromatic N) is 4. The van der Waals surface area contributed by atoms with E-state index in [0.29, 0.717) is 0 Å². The van der Waals surface area contributed by atoms with Crippen LogP contribution >= 0.6 is 11.3 Å². The van der Waals surface area contributed by atoms with E-state index in [2.05, 4.69) is 15.3 Å². The number of aryl methyl sites for hydroxylation is 1. The second-order valence-electron chi connectivity index (χ2n) is 5.16. The van der Waals surface area contributed by atoms with Crippen LogP contribution in [-0.4, -0.2) is 31.5 Å². The predicted molar refractivity (Wildman–Crippen MR) is 78.4 cm³/mol. The van der Waals surface area contributed by atoms with Crippen LogP contribution in [0.25, 0.3) is 15.5 Å². The van der Waals surface area contributed by atoms with E-state index < -0.39 is 0 Å². The average Bonchev–Trinajstić information content (AvgIpc) is 3.16. The molecule has 0 radical (unpaired) electrons. The molecule has 1 aliphatic heterocycles. The van der Waals surface area contributed by atoms with E-state index in [-0.39, 0.29) is 11.9 Å². The molecule has 1 saturated heterocycles. The fourth-order valence-corrected chi connectivity index (χ4v) is 3.32.